The lowest BCUT2D eigenvalue weighted by Gasteiger charge is -2.23. The Kier molecular flexibility index (Phi) is 3.48. The predicted octanol–water partition coefficient (Wildman–Crippen LogP) is 3.15. The molecule has 0 radical (unpaired) electrons. The molecular formula is C14H18BrN3O. The Hall–Kier alpha value is -1.10. The van der Waals surface area contributed by atoms with Crippen molar-refractivity contribution in [1.82, 2.24) is 14.0 Å². The van der Waals surface area contributed by atoms with E-state index in [4.69, 9.17) is 0 Å². The van der Waals surface area contributed by atoms with E-state index in [2.05, 4.69) is 20.9 Å². The highest BCUT2D eigenvalue weighted by atomic mass is 79.9. The lowest BCUT2D eigenvalue weighted by molar-refractivity contribution is 0.314. The van der Waals surface area contributed by atoms with Crippen LogP contribution >= 0.6 is 15.9 Å². The SMILES string of the molecule is Cc1cn2c(Br)ncc2c(=O)n1CC1CCCCC1. The van der Waals surface area contributed by atoms with Crippen LogP contribution in [0.15, 0.2) is 21.9 Å². The first-order chi connectivity index (χ1) is 9.16. The first-order valence-corrected chi connectivity index (χ1v) is 7.69. The first-order valence-electron chi connectivity index (χ1n) is 6.90. The van der Waals surface area contributed by atoms with Gasteiger partial charge in [0, 0.05) is 18.4 Å². The molecule has 3 rings (SSSR count). The molecule has 0 amide bonds. The summed E-state index contributed by atoms with van der Waals surface area (Å²) in [5.74, 6) is 0.652. The van der Waals surface area contributed by atoms with Crippen LogP contribution in [0.4, 0.5) is 0 Å². The molecule has 1 fully saturated rings. The van der Waals surface area contributed by atoms with Crippen LogP contribution in [0.5, 0.6) is 0 Å². The highest BCUT2D eigenvalue weighted by Gasteiger charge is 2.17. The number of fused-ring (bicyclic) bond motifs is 1. The molecule has 0 aliphatic heterocycles. The molecule has 0 aromatic carbocycles. The molecule has 2 heterocycles. The van der Waals surface area contributed by atoms with Gasteiger partial charge >= 0.3 is 0 Å². The number of nitrogens with zero attached hydrogens (tertiary/aromatic N) is 3. The maximum atomic E-state index is 12.5. The number of aryl methyl sites for hydroxylation is 1. The average Bonchev–Trinajstić information content (AvgIpc) is 2.78. The van der Waals surface area contributed by atoms with Crippen molar-refractivity contribution in [2.75, 3.05) is 0 Å². The van der Waals surface area contributed by atoms with E-state index in [1.54, 1.807) is 6.20 Å². The second-order valence-corrected chi connectivity index (χ2v) is 6.18. The number of aromatic nitrogens is 3. The van der Waals surface area contributed by atoms with E-state index in [-0.39, 0.29) is 5.56 Å². The van der Waals surface area contributed by atoms with Gasteiger partial charge in [0.1, 0.15) is 5.52 Å². The highest BCUT2D eigenvalue weighted by molar-refractivity contribution is 9.10. The van der Waals surface area contributed by atoms with Crippen LogP contribution in [0, 0.1) is 12.8 Å². The minimum atomic E-state index is 0.0729. The summed E-state index contributed by atoms with van der Waals surface area (Å²) in [5, 5.41) is 0. The van der Waals surface area contributed by atoms with Crippen molar-refractivity contribution in [2.24, 2.45) is 5.92 Å². The third-order valence-electron chi connectivity index (χ3n) is 4.12. The smallest absolute Gasteiger partial charge is 0.276 e. The van der Waals surface area contributed by atoms with Gasteiger partial charge in [-0.3, -0.25) is 9.20 Å². The van der Waals surface area contributed by atoms with Crippen LogP contribution in [0.2, 0.25) is 0 Å². The fourth-order valence-electron chi connectivity index (χ4n) is 3.03. The summed E-state index contributed by atoms with van der Waals surface area (Å²) in [4.78, 5) is 16.7. The Balaban J connectivity index is 2.00. The lowest BCUT2D eigenvalue weighted by Crippen LogP contribution is -2.28. The second kappa shape index (κ2) is 5.12. The molecule has 0 saturated heterocycles. The molecule has 2 aromatic heterocycles. The third-order valence-corrected chi connectivity index (χ3v) is 4.71. The molecule has 1 aliphatic carbocycles. The van der Waals surface area contributed by atoms with Gasteiger partial charge in [-0.2, -0.15) is 0 Å². The lowest BCUT2D eigenvalue weighted by atomic mass is 9.89. The van der Waals surface area contributed by atoms with Crippen molar-refractivity contribution in [3.8, 4) is 0 Å². The van der Waals surface area contributed by atoms with Gasteiger partial charge in [0.25, 0.3) is 5.56 Å². The Labute approximate surface area is 120 Å². The standard InChI is InChI=1S/C14H18BrN3O/c1-10-8-18-12(7-16-14(18)15)13(19)17(10)9-11-5-3-2-4-6-11/h7-8,11H,2-6,9H2,1H3. The van der Waals surface area contributed by atoms with Crippen molar-refractivity contribution in [1.29, 1.82) is 0 Å². The summed E-state index contributed by atoms with van der Waals surface area (Å²) in [5.41, 5.74) is 1.72. The molecule has 0 unspecified atom stereocenters. The fourth-order valence-corrected chi connectivity index (χ4v) is 3.42. The number of imidazole rings is 1. The summed E-state index contributed by atoms with van der Waals surface area (Å²) in [6, 6.07) is 0. The van der Waals surface area contributed by atoms with Crippen molar-refractivity contribution in [3.63, 3.8) is 0 Å². The van der Waals surface area contributed by atoms with Gasteiger partial charge in [-0.15, -0.1) is 0 Å². The largest absolute Gasteiger partial charge is 0.309 e. The van der Waals surface area contributed by atoms with E-state index in [0.29, 0.717) is 16.2 Å². The average molecular weight is 324 g/mol. The summed E-state index contributed by atoms with van der Waals surface area (Å²) in [7, 11) is 0. The molecule has 1 saturated carbocycles. The van der Waals surface area contributed by atoms with Crippen LogP contribution in [0.1, 0.15) is 37.8 Å². The quantitative estimate of drug-likeness (QED) is 0.851. The molecule has 2 aromatic rings. The maximum Gasteiger partial charge on any atom is 0.276 e. The zero-order valence-corrected chi connectivity index (χ0v) is 12.7. The maximum absolute atomic E-state index is 12.5. The van der Waals surface area contributed by atoms with E-state index < -0.39 is 0 Å². The normalized spacial score (nSPS) is 17.2. The summed E-state index contributed by atoms with van der Waals surface area (Å²) < 4.78 is 4.42. The minimum Gasteiger partial charge on any atom is -0.309 e. The molecule has 0 spiro atoms. The predicted molar refractivity (Wildman–Crippen MR) is 78.5 cm³/mol. The molecule has 1 aliphatic rings. The molecule has 5 heteroatoms. The number of rotatable bonds is 2. The number of hydrogen-bond acceptors (Lipinski definition) is 2. The van der Waals surface area contributed by atoms with E-state index in [0.717, 1.165) is 12.2 Å². The van der Waals surface area contributed by atoms with E-state index in [9.17, 15) is 4.79 Å². The molecule has 19 heavy (non-hydrogen) atoms. The Morgan fingerprint density at radius 3 is 2.84 bits per heavy atom. The summed E-state index contributed by atoms with van der Waals surface area (Å²) >= 11 is 3.36. The summed E-state index contributed by atoms with van der Waals surface area (Å²) in [6.45, 7) is 2.85. The zero-order valence-electron chi connectivity index (χ0n) is 11.1. The monoisotopic (exact) mass is 323 g/mol. The van der Waals surface area contributed by atoms with E-state index >= 15 is 0 Å². The number of hydrogen-bond donors (Lipinski definition) is 0. The van der Waals surface area contributed by atoms with E-state index in [1.165, 1.54) is 32.1 Å². The third kappa shape index (κ3) is 2.36. The van der Waals surface area contributed by atoms with E-state index in [1.807, 2.05) is 22.1 Å². The van der Waals surface area contributed by atoms with Gasteiger partial charge in [-0.1, -0.05) is 19.3 Å². The van der Waals surface area contributed by atoms with Crippen LogP contribution in [-0.4, -0.2) is 14.0 Å². The molecule has 0 bridgehead atoms. The highest BCUT2D eigenvalue weighted by Crippen LogP contribution is 2.25. The van der Waals surface area contributed by atoms with Gasteiger partial charge < -0.3 is 4.57 Å². The van der Waals surface area contributed by atoms with Crippen LogP contribution in [0.3, 0.4) is 0 Å². The van der Waals surface area contributed by atoms with Gasteiger partial charge in [0.2, 0.25) is 0 Å². The Morgan fingerprint density at radius 1 is 1.37 bits per heavy atom. The van der Waals surface area contributed by atoms with Crippen LogP contribution < -0.4 is 5.56 Å². The zero-order chi connectivity index (χ0) is 13.4. The van der Waals surface area contributed by atoms with Crippen molar-refractivity contribution >= 4 is 21.4 Å². The van der Waals surface area contributed by atoms with Gasteiger partial charge in [-0.05, 0) is 41.6 Å². The van der Waals surface area contributed by atoms with Crippen LogP contribution in [-0.2, 0) is 6.54 Å². The fraction of sp³-hybridized carbons (Fsp3) is 0.571. The van der Waals surface area contributed by atoms with Crippen LogP contribution in [0.25, 0.3) is 5.52 Å². The molecular weight excluding hydrogens is 306 g/mol. The topological polar surface area (TPSA) is 39.3 Å². The van der Waals surface area contributed by atoms with Crippen molar-refractivity contribution in [2.45, 2.75) is 45.6 Å². The molecule has 0 N–H and O–H groups in total. The van der Waals surface area contributed by atoms with Crippen molar-refractivity contribution < 1.29 is 0 Å². The van der Waals surface area contributed by atoms with Gasteiger partial charge in [-0.25, -0.2) is 4.98 Å². The van der Waals surface area contributed by atoms with Gasteiger partial charge in [0.05, 0.1) is 6.20 Å². The van der Waals surface area contributed by atoms with Crippen molar-refractivity contribution in [3.05, 3.63) is 33.2 Å². The van der Waals surface area contributed by atoms with Gasteiger partial charge in [0.15, 0.2) is 4.73 Å². The second-order valence-electron chi connectivity index (χ2n) is 5.47. The minimum absolute atomic E-state index is 0.0729. The first kappa shape index (κ1) is 12.9. The molecule has 102 valence electrons. The number of halogens is 1. The molecule has 0 atom stereocenters. The molecule has 4 nitrogen and oxygen atoms in total. The Morgan fingerprint density at radius 2 is 2.11 bits per heavy atom. The Bertz CT molecular complexity index is 652. The summed E-state index contributed by atoms with van der Waals surface area (Å²) in [6.07, 6.45) is 10.1.